The van der Waals surface area contributed by atoms with Gasteiger partial charge in [0.2, 0.25) is 0 Å². The van der Waals surface area contributed by atoms with E-state index >= 15 is 0 Å². The van der Waals surface area contributed by atoms with Crippen LogP contribution in [0.15, 0.2) is 12.3 Å². The van der Waals surface area contributed by atoms with E-state index in [1.165, 1.54) is 0 Å². The minimum absolute atomic E-state index is 0.137. The Bertz CT molecular complexity index is 394. The summed E-state index contributed by atoms with van der Waals surface area (Å²) in [6, 6.07) is 1.82. The maximum Gasteiger partial charge on any atom is 0.272 e. The van der Waals surface area contributed by atoms with E-state index in [0.717, 1.165) is 7.11 Å². The molecule has 0 aliphatic rings. The van der Waals surface area contributed by atoms with Gasteiger partial charge in [0, 0.05) is 12.2 Å². The lowest BCUT2D eigenvalue weighted by atomic mass is 10.4. The van der Waals surface area contributed by atoms with Gasteiger partial charge in [-0.3, -0.25) is 8.86 Å². The Balaban J connectivity index is 2.93. The molecule has 0 aliphatic carbocycles. The third kappa shape index (κ3) is 2.55. The van der Waals surface area contributed by atoms with Crippen LogP contribution in [-0.2, 0) is 20.1 Å². The Kier molecular flexibility index (Phi) is 3.28. The molecule has 0 unspecified atom stereocenters. The number of nitrogens with zero attached hydrogens (tertiary/aromatic N) is 2. The van der Waals surface area contributed by atoms with Gasteiger partial charge >= 0.3 is 0 Å². The quantitative estimate of drug-likeness (QED) is 0.706. The average molecular weight is 218 g/mol. The molecule has 5 nitrogen and oxygen atoms in total. The summed E-state index contributed by atoms with van der Waals surface area (Å²) in [7, 11) is -2.30. The highest BCUT2D eigenvalue weighted by atomic mass is 32.2. The van der Waals surface area contributed by atoms with E-state index < -0.39 is 10.1 Å². The molecule has 14 heavy (non-hydrogen) atoms. The van der Waals surface area contributed by atoms with Gasteiger partial charge in [-0.25, -0.2) is 0 Å². The van der Waals surface area contributed by atoms with Crippen molar-refractivity contribution in [3.63, 3.8) is 0 Å². The number of rotatable bonds is 4. The van der Waals surface area contributed by atoms with Crippen LogP contribution in [0.2, 0.25) is 0 Å². The maximum absolute atomic E-state index is 11.2. The zero-order valence-electron chi connectivity index (χ0n) is 8.47. The van der Waals surface area contributed by atoms with Crippen LogP contribution in [0, 0.1) is 0 Å². The highest BCUT2D eigenvalue weighted by molar-refractivity contribution is 7.85. The number of hydrogen-bond donors (Lipinski definition) is 0. The second-order valence-electron chi connectivity index (χ2n) is 3.23. The van der Waals surface area contributed by atoms with Crippen LogP contribution < -0.4 is 0 Å². The van der Waals surface area contributed by atoms with Crippen LogP contribution in [0.5, 0.6) is 0 Å². The van der Waals surface area contributed by atoms with Crippen molar-refractivity contribution in [2.24, 2.45) is 0 Å². The van der Waals surface area contributed by atoms with Crippen molar-refractivity contribution in [2.75, 3.05) is 7.11 Å². The maximum atomic E-state index is 11.2. The first kappa shape index (κ1) is 11.2. The normalized spacial score (nSPS) is 12.3. The Morgan fingerprint density at radius 3 is 2.71 bits per heavy atom. The molecule has 1 aromatic heterocycles. The summed E-state index contributed by atoms with van der Waals surface area (Å²) in [6.07, 6.45) is 1.58. The smallest absolute Gasteiger partial charge is 0.272 e. The van der Waals surface area contributed by atoms with Crippen LogP contribution in [0.4, 0.5) is 0 Å². The van der Waals surface area contributed by atoms with Crippen LogP contribution in [0.25, 0.3) is 0 Å². The van der Waals surface area contributed by atoms with Gasteiger partial charge in [0.1, 0.15) is 5.75 Å². The molecule has 0 aliphatic heterocycles. The molecule has 1 rings (SSSR count). The minimum Gasteiger partial charge on any atom is -0.273 e. The van der Waals surface area contributed by atoms with E-state index in [1.807, 2.05) is 13.8 Å². The van der Waals surface area contributed by atoms with E-state index in [1.54, 1.807) is 16.9 Å². The summed E-state index contributed by atoms with van der Waals surface area (Å²) < 4.78 is 28.4. The molecular weight excluding hydrogens is 204 g/mol. The van der Waals surface area contributed by atoms with E-state index in [2.05, 4.69) is 9.28 Å². The number of hydrogen-bond acceptors (Lipinski definition) is 4. The van der Waals surface area contributed by atoms with Gasteiger partial charge in [0.05, 0.1) is 12.8 Å². The molecule has 6 heteroatoms. The predicted molar refractivity (Wildman–Crippen MR) is 52.2 cm³/mol. The molecule has 0 N–H and O–H groups in total. The topological polar surface area (TPSA) is 61.2 Å². The third-order valence-corrected chi connectivity index (χ3v) is 2.98. The molecule has 0 atom stereocenters. The van der Waals surface area contributed by atoms with Crippen LogP contribution >= 0.6 is 0 Å². The second kappa shape index (κ2) is 4.10. The van der Waals surface area contributed by atoms with E-state index in [-0.39, 0.29) is 11.8 Å². The monoisotopic (exact) mass is 218 g/mol. The molecule has 0 fully saturated rings. The summed E-state index contributed by atoms with van der Waals surface area (Å²) >= 11 is 0. The van der Waals surface area contributed by atoms with E-state index in [4.69, 9.17) is 0 Å². The van der Waals surface area contributed by atoms with Gasteiger partial charge in [0.15, 0.2) is 0 Å². The summed E-state index contributed by atoms with van der Waals surface area (Å²) in [5.41, 5.74) is 0.641. The second-order valence-corrected chi connectivity index (χ2v) is 4.97. The van der Waals surface area contributed by atoms with E-state index in [9.17, 15) is 8.42 Å². The summed E-state index contributed by atoms with van der Waals surface area (Å²) in [5, 5.41) is 4.03. The SMILES string of the molecule is COS(=O)(=O)Cc1ccnn1C(C)C. The van der Waals surface area contributed by atoms with Crippen LogP contribution in [0.3, 0.4) is 0 Å². The molecule has 1 aromatic rings. The fourth-order valence-corrected chi connectivity index (χ4v) is 1.87. The Morgan fingerprint density at radius 2 is 2.21 bits per heavy atom. The lowest BCUT2D eigenvalue weighted by molar-refractivity contribution is 0.394. The molecule has 0 bridgehead atoms. The largest absolute Gasteiger partial charge is 0.273 e. The summed E-state index contributed by atoms with van der Waals surface area (Å²) in [5.74, 6) is -0.137. The first-order valence-corrected chi connectivity index (χ1v) is 5.84. The number of aromatic nitrogens is 2. The molecule has 80 valence electrons. The fourth-order valence-electron chi connectivity index (χ4n) is 1.16. The van der Waals surface area contributed by atoms with Gasteiger partial charge in [-0.05, 0) is 19.9 Å². The standard InChI is InChI=1S/C8H14N2O3S/c1-7(2)10-8(4-5-9-10)6-14(11,12)13-3/h4-5,7H,6H2,1-3H3. The van der Waals surface area contributed by atoms with Crippen LogP contribution in [0.1, 0.15) is 25.6 Å². The molecule has 0 amide bonds. The minimum atomic E-state index is -3.46. The van der Waals surface area contributed by atoms with Crippen molar-refractivity contribution in [1.29, 1.82) is 0 Å². The zero-order valence-corrected chi connectivity index (χ0v) is 9.28. The van der Waals surface area contributed by atoms with Gasteiger partial charge in [-0.2, -0.15) is 13.5 Å². The summed E-state index contributed by atoms with van der Waals surface area (Å²) in [6.45, 7) is 3.88. The Hall–Kier alpha value is -0.880. The molecule has 1 heterocycles. The first-order valence-electron chi connectivity index (χ1n) is 4.27. The lowest BCUT2D eigenvalue weighted by Gasteiger charge is -2.10. The van der Waals surface area contributed by atoms with Crippen molar-refractivity contribution in [1.82, 2.24) is 9.78 Å². The van der Waals surface area contributed by atoms with Crippen molar-refractivity contribution >= 4 is 10.1 Å². The first-order chi connectivity index (χ1) is 6.46. The highest BCUT2D eigenvalue weighted by Gasteiger charge is 2.15. The van der Waals surface area contributed by atoms with Gasteiger partial charge in [-0.15, -0.1) is 0 Å². The third-order valence-electron chi connectivity index (χ3n) is 1.82. The van der Waals surface area contributed by atoms with Gasteiger partial charge in [0.25, 0.3) is 10.1 Å². The molecule has 0 spiro atoms. The van der Waals surface area contributed by atoms with Crippen molar-refractivity contribution < 1.29 is 12.6 Å². The Labute approximate surface area is 83.8 Å². The van der Waals surface area contributed by atoms with Crippen molar-refractivity contribution in [2.45, 2.75) is 25.6 Å². The van der Waals surface area contributed by atoms with Gasteiger partial charge in [-0.1, -0.05) is 0 Å². The average Bonchev–Trinajstić information content (AvgIpc) is 2.51. The summed E-state index contributed by atoms with van der Waals surface area (Å²) in [4.78, 5) is 0. The molecular formula is C8H14N2O3S. The molecule has 0 radical (unpaired) electrons. The van der Waals surface area contributed by atoms with Crippen LogP contribution in [-0.4, -0.2) is 25.3 Å². The molecule has 0 aromatic carbocycles. The zero-order chi connectivity index (χ0) is 10.8. The molecule has 0 saturated heterocycles. The van der Waals surface area contributed by atoms with E-state index in [0.29, 0.717) is 5.69 Å². The van der Waals surface area contributed by atoms with Crippen molar-refractivity contribution in [3.8, 4) is 0 Å². The molecule has 0 saturated carbocycles. The lowest BCUT2D eigenvalue weighted by Crippen LogP contribution is -2.13. The highest BCUT2D eigenvalue weighted by Crippen LogP contribution is 2.11. The Morgan fingerprint density at radius 1 is 1.57 bits per heavy atom. The van der Waals surface area contributed by atoms with Gasteiger partial charge < -0.3 is 0 Å². The van der Waals surface area contributed by atoms with Crippen molar-refractivity contribution in [3.05, 3.63) is 18.0 Å². The fraction of sp³-hybridized carbons (Fsp3) is 0.625. The predicted octanol–water partition coefficient (Wildman–Crippen LogP) is 0.940.